The summed E-state index contributed by atoms with van der Waals surface area (Å²) < 4.78 is 1.80. The third-order valence-corrected chi connectivity index (χ3v) is 6.72. The number of aromatic nitrogens is 3. The van der Waals surface area contributed by atoms with Gasteiger partial charge in [0.25, 0.3) is 0 Å². The van der Waals surface area contributed by atoms with Crippen LogP contribution in [0, 0.1) is 11.8 Å². The number of carbonyl (C=O) groups excluding carboxylic acids is 1. The van der Waals surface area contributed by atoms with Gasteiger partial charge in [-0.15, -0.1) is 5.10 Å². The number of thioether (sulfide) groups is 1. The van der Waals surface area contributed by atoms with E-state index in [0.717, 1.165) is 17.0 Å². The summed E-state index contributed by atoms with van der Waals surface area (Å²) in [5.41, 5.74) is 2.55. The van der Waals surface area contributed by atoms with Gasteiger partial charge in [0.05, 0.1) is 12.0 Å². The third kappa shape index (κ3) is 5.00. The molecule has 3 aromatic rings. The molecule has 2 unspecified atom stereocenters. The number of halogens is 2. The van der Waals surface area contributed by atoms with Crippen molar-refractivity contribution in [3.8, 4) is 0 Å². The van der Waals surface area contributed by atoms with Crippen LogP contribution in [0.15, 0.2) is 58.7 Å². The quantitative estimate of drug-likeness (QED) is 0.406. The van der Waals surface area contributed by atoms with Crippen LogP contribution >= 0.6 is 35.0 Å². The van der Waals surface area contributed by atoms with Gasteiger partial charge in [0.1, 0.15) is 0 Å². The fourth-order valence-electron chi connectivity index (χ4n) is 3.74. The Bertz CT molecular complexity index is 1140. The number of hydrogen-bond donors (Lipinski definition) is 1. The van der Waals surface area contributed by atoms with Crippen molar-refractivity contribution in [2.45, 2.75) is 37.7 Å². The summed E-state index contributed by atoms with van der Waals surface area (Å²) in [4.78, 5) is 22.5. The van der Waals surface area contributed by atoms with Crippen molar-refractivity contribution < 1.29 is 4.79 Å². The molecule has 0 saturated carbocycles. The number of amides is 1. The number of rotatable bonds is 6. The molecular weight excluding hydrogens is 465 g/mol. The first kappa shape index (κ1) is 22.8. The van der Waals surface area contributed by atoms with Gasteiger partial charge in [-0.3, -0.25) is 4.79 Å². The molecule has 2 atom stereocenters. The molecule has 9 heteroatoms. The first-order chi connectivity index (χ1) is 15.3. The molecular formula is C23H23Cl2N5OS. The topological polar surface area (TPSA) is 72.2 Å². The molecule has 1 N–H and O–H groups in total. The molecule has 0 bridgehead atoms. The summed E-state index contributed by atoms with van der Waals surface area (Å²) in [5, 5.41) is 9.66. The van der Waals surface area contributed by atoms with Gasteiger partial charge in [-0.25, -0.2) is 9.67 Å². The van der Waals surface area contributed by atoms with Gasteiger partial charge < -0.3 is 5.32 Å². The zero-order chi connectivity index (χ0) is 22.8. The first-order valence-corrected chi connectivity index (χ1v) is 12.0. The average Bonchev–Trinajstić information content (AvgIpc) is 3.16. The van der Waals surface area contributed by atoms with Crippen LogP contribution in [0.3, 0.4) is 0 Å². The van der Waals surface area contributed by atoms with Gasteiger partial charge >= 0.3 is 0 Å². The highest BCUT2D eigenvalue weighted by Crippen LogP contribution is 2.37. The molecule has 0 spiro atoms. The van der Waals surface area contributed by atoms with Crippen molar-refractivity contribution in [2.75, 3.05) is 5.32 Å². The van der Waals surface area contributed by atoms with E-state index in [1.807, 2.05) is 31.2 Å². The molecule has 6 nitrogen and oxygen atoms in total. The van der Waals surface area contributed by atoms with Crippen molar-refractivity contribution in [2.24, 2.45) is 16.8 Å². The monoisotopic (exact) mass is 487 g/mol. The first-order valence-electron chi connectivity index (χ1n) is 10.3. The second kappa shape index (κ2) is 9.65. The number of nitrogens with zero attached hydrogens (tertiary/aromatic N) is 4. The summed E-state index contributed by atoms with van der Waals surface area (Å²) >= 11 is 13.5. The van der Waals surface area contributed by atoms with Gasteiger partial charge in [-0.05, 0) is 54.8 Å². The fourth-order valence-corrected chi connectivity index (χ4v) is 4.77. The van der Waals surface area contributed by atoms with Crippen molar-refractivity contribution in [3.63, 3.8) is 0 Å². The van der Waals surface area contributed by atoms with E-state index in [0.29, 0.717) is 26.8 Å². The summed E-state index contributed by atoms with van der Waals surface area (Å²) in [5.74, 6) is 0.833. The zero-order valence-electron chi connectivity index (χ0n) is 17.9. The highest BCUT2D eigenvalue weighted by Gasteiger charge is 2.40. The molecule has 0 saturated heterocycles. The Balaban J connectivity index is 1.55. The number of hydrogen-bond acceptors (Lipinski definition) is 5. The minimum atomic E-state index is -0.450. The Morgan fingerprint density at radius 3 is 2.34 bits per heavy atom. The Morgan fingerprint density at radius 1 is 1.09 bits per heavy atom. The number of aliphatic imine (C=N–C) groups is 1. The Morgan fingerprint density at radius 2 is 1.72 bits per heavy atom. The van der Waals surface area contributed by atoms with Crippen molar-refractivity contribution in [3.05, 3.63) is 64.1 Å². The van der Waals surface area contributed by atoms with Crippen LogP contribution in [-0.2, 0) is 10.5 Å². The van der Waals surface area contributed by atoms with Crippen molar-refractivity contribution >= 4 is 58.2 Å². The lowest BCUT2D eigenvalue weighted by Crippen LogP contribution is -2.40. The highest BCUT2D eigenvalue weighted by molar-refractivity contribution is 7.98. The standard InChI is InChI=1S/C23H23Cl2N5OS/c1-13(2)20-19(21(31)27-18-10-8-17(25)9-11-18)14(3)26-22-28-23(29-30(20)22)32-12-15-4-6-16(24)7-5-15/h4-11,13,19-20H,12H2,1-3H3,(H,27,31). The van der Waals surface area contributed by atoms with Crippen LogP contribution in [0.4, 0.5) is 11.6 Å². The van der Waals surface area contributed by atoms with Crippen LogP contribution in [0.25, 0.3) is 0 Å². The van der Waals surface area contributed by atoms with E-state index in [2.05, 4.69) is 29.1 Å². The van der Waals surface area contributed by atoms with Crippen LogP contribution in [0.5, 0.6) is 0 Å². The zero-order valence-corrected chi connectivity index (χ0v) is 20.2. The van der Waals surface area contributed by atoms with Crippen LogP contribution < -0.4 is 5.32 Å². The smallest absolute Gasteiger partial charge is 0.249 e. The Labute approximate surface area is 201 Å². The van der Waals surface area contributed by atoms with E-state index < -0.39 is 5.92 Å². The predicted molar refractivity (Wildman–Crippen MR) is 131 cm³/mol. The second-order valence-corrected chi connectivity index (χ2v) is 9.83. The van der Waals surface area contributed by atoms with E-state index in [-0.39, 0.29) is 17.9 Å². The number of fused-ring (bicyclic) bond motifs is 1. The third-order valence-electron chi connectivity index (χ3n) is 5.30. The van der Waals surface area contributed by atoms with Crippen LogP contribution in [0.1, 0.15) is 32.4 Å². The lowest BCUT2D eigenvalue weighted by Gasteiger charge is -2.32. The largest absolute Gasteiger partial charge is 0.325 e. The van der Waals surface area contributed by atoms with Gasteiger partial charge in [0.15, 0.2) is 0 Å². The highest BCUT2D eigenvalue weighted by atomic mass is 35.5. The maximum absolute atomic E-state index is 13.2. The molecule has 1 amide bonds. The molecule has 2 heterocycles. The number of anilines is 1. The molecule has 32 heavy (non-hydrogen) atoms. The minimum Gasteiger partial charge on any atom is -0.325 e. The molecule has 4 rings (SSSR count). The molecule has 0 radical (unpaired) electrons. The van der Waals surface area contributed by atoms with E-state index in [9.17, 15) is 4.79 Å². The van der Waals surface area contributed by atoms with Crippen LogP contribution in [0.2, 0.25) is 10.0 Å². The lowest BCUT2D eigenvalue weighted by atomic mass is 9.85. The summed E-state index contributed by atoms with van der Waals surface area (Å²) in [6.45, 7) is 6.04. The maximum Gasteiger partial charge on any atom is 0.249 e. The van der Waals surface area contributed by atoms with Gasteiger partial charge in [-0.1, -0.05) is 60.9 Å². The normalized spacial score (nSPS) is 17.8. The maximum atomic E-state index is 13.2. The van der Waals surface area contributed by atoms with E-state index >= 15 is 0 Å². The van der Waals surface area contributed by atoms with Gasteiger partial charge in [0.2, 0.25) is 17.0 Å². The van der Waals surface area contributed by atoms with E-state index in [4.69, 9.17) is 28.3 Å². The second-order valence-electron chi connectivity index (χ2n) is 8.02. The molecule has 1 aliphatic rings. The Kier molecular flexibility index (Phi) is 6.88. The SMILES string of the molecule is CC1=Nc2nc(SCc3ccc(Cl)cc3)nn2C(C(C)C)C1C(=O)Nc1ccc(Cl)cc1. The van der Waals surface area contributed by atoms with Crippen molar-refractivity contribution in [1.29, 1.82) is 0 Å². The molecule has 1 aliphatic heterocycles. The molecule has 0 aliphatic carbocycles. The van der Waals surface area contributed by atoms with E-state index in [1.165, 1.54) is 11.8 Å². The Hall–Kier alpha value is -2.35. The molecule has 1 aromatic heterocycles. The average molecular weight is 488 g/mol. The minimum absolute atomic E-state index is 0.121. The predicted octanol–water partition coefficient (Wildman–Crippen LogP) is 6.44. The van der Waals surface area contributed by atoms with Crippen LogP contribution in [-0.4, -0.2) is 26.4 Å². The number of benzene rings is 2. The molecule has 0 fully saturated rings. The summed E-state index contributed by atoms with van der Waals surface area (Å²) in [7, 11) is 0. The fraction of sp³-hybridized carbons (Fsp3) is 0.304. The van der Waals surface area contributed by atoms with E-state index in [1.54, 1.807) is 28.9 Å². The van der Waals surface area contributed by atoms with Crippen molar-refractivity contribution in [1.82, 2.24) is 14.8 Å². The van der Waals surface area contributed by atoms with Gasteiger partial charge in [0, 0.05) is 27.2 Å². The molecule has 166 valence electrons. The van der Waals surface area contributed by atoms with Gasteiger partial charge in [-0.2, -0.15) is 4.98 Å². The number of nitrogens with one attached hydrogen (secondary N) is 1. The number of carbonyl (C=O) groups is 1. The summed E-state index contributed by atoms with van der Waals surface area (Å²) in [6.07, 6.45) is 0. The molecule has 2 aromatic carbocycles. The lowest BCUT2D eigenvalue weighted by molar-refractivity contribution is -0.119. The summed E-state index contributed by atoms with van der Waals surface area (Å²) in [6, 6.07) is 14.6.